The van der Waals surface area contributed by atoms with Gasteiger partial charge in [0.25, 0.3) is 0 Å². The molecule has 0 heterocycles. The Kier molecular flexibility index (Phi) is 5.34. The molecule has 0 amide bonds. The molecule has 0 rings (SSSR count). The molecule has 0 atom stereocenters. The molecule has 0 unspecified atom stereocenters. The predicted octanol–water partition coefficient (Wildman–Crippen LogP) is 0.926. The maximum absolute atomic E-state index is 11.9. The summed E-state index contributed by atoms with van der Waals surface area (Å²) in [6.45, 7) is 0. The molecule has 0 saturated carbocycles. The molecule has 0 aromatic heterocycles. The fourth-order valence-corrected chi connectivity index (χ4v) is 1.84. The van der Waals surface area contributed by atoms with Gasteiger partial charge >= 0.3 is 33.3 Å². The number of hydrogen-bond donors (Lipinski definition) is 0. The van der Waals surface area contributed by atoms with Crippen LogP contribution in [0.15, 0.2) is 0 Å². The van der Waals surface area contributed by atoms with Crippen molar-refractivity contribution in [1.29, 1.82) is 0 Å². The maximum Gasteiger partial charge on any atom is 0.824 e. The van der Waals surface area contributed by atoms with Gasteiger partial charge in [0.05, 0.1) is 0 Å². The van der Waals surface area contributed by atoms with Crippen LogP contribution in [0.25, 0.3) is 0 Å². The molecule has 0 bridgehead atoms. The van der Waals surface area contributed by atoms with Crippen LogP contribution in [0, 0.1) is 0 Å². The first kappa shape index (κ1) is 17.7. The molecular formula is C6H6F6O6Si. The van der Waals surface area contributed by atoms with Crippen molar-refractivity contribution >= 4 is 21.0 Å². The molecule has 19 heavy (non-hydrogen) atoms. The van der Waals surface area contributed by atoms with E-state index in [-0.39, 0.29) is 0 Å². The van der Waals surface area contributed by atoms with Crippen molar-refractivity contribution in [2.24, 2.45) is 0 Å². The molecule has 0 spiro atoms. The Balaban J connectivity index is 5.07. The van der Waals surface area contributed by atoms with Crippen LogP contribution in [-0.2, 0) is 27.3 Å². The Morgan fingerprint density at radius 2 is 1.05 bits per heavy atom. The Labute approximate surface area is 102 Å². The molecular weight excluding hydrogens is 310 g/mol. The van der Waals surface area contributed by atoms with Gasteiger partial charge < -0.3 is 17.7 Å². The second-order valence-corrected chi connectivity index (χ2v) is 4.91. The summed E-state index contributed by atoms with van der Waals surface area (Å²) in [5.74, 6) is -5.84. The zero-order chi connectivity index (χ0) is 15.5. The van der Waals surface area contributed by atoms with E-state index in [4.69, 9.17) is 0 Å². The molecule has 0 N–H and O–H groups in total. The van der Waals surface area contributed by atoms with E-state index in [9.17, 15) is 35.9 Å². The van der Waals surface area contributed by atoms with Crippen molar-refractivity contribution in [3.63, 3.8) is 0 Å². The number of hydrogen-bond acceptors (Lipinski definition) is 6. The molecule has 112 valence electrons. The van der Waals surface area contributed by atoms with Gasteiger partial charge in [-0.3, -0.25) is 0 Å². The third kappa shape index (κ3) is 5.04. The van der Waals surface area contributed by atoms with E-state index < -0.39 is 33.3 Å². The molecule has 0 aliphatic heterocycles. The number of rotatable bonds is 4. The lowest BCUT2D eigenvalue weighted by Gasteiger charge is -2.24. The van der Waals surface area contributed by atoms with Crippen LogP contribution in [0.3, 0.4) is 0 Å². The molecule has 0 saturated heterocycles. The molecule has 0 radical (unpaired) electrons. The number of halogens is 6. The minimum absolute atomic E-state index is 0.545. The molecule has 0 aromatic carbocycles. The second-order valence-electron chi connectivity index (χ2n) is 2.68. The van der Waals surface area contributed by atoms with Gasteiger partial charge in [-0.1, -0.05) is 0 Å². The second kappa shape index (κ2) is 5.75. The molecule has 0 fully saturated rings. The zero-order valence-electron chi connectivity index (χ0n) is 9.22. The van der Waals surface area contributed by atoms with Crippen LogP contribution >= 0.6 is 0 Å². The molecule has 13 heteroatoms. The first-order valence-corrected chi connectivity index (χ1v) is 5.72. The van der Waals surface area contributed by atoms with E-state index in [1.54, 1.807) is 0 Å². The Morgan fingerprint density at radius 3 is 1.21 bits per heavy atom. The molecule has 0 aromatic rings. The maximum atomic E-state index is 11.9. The van der Waals surface area contributed by atoms with E-state index in [0.717, 1.165) is 0 Å². The van der Waals surface area contributed by atoms with Gasteiger partial charge in [-0.05, 0) is 0 Å². The molecule has 0 aliphatic rings. The summed E-state index contributed by atoms with van der Waals surface area (Å²) in [6.07, 6.45) is -11.1. The Hall–Kier alpha value is -1.34. The summed E-state index contributed by atoms with van der Waals surface area (Å²) in [5.41, 5.74) is 0. The third-order valence-electron chi connectivity index (χ3n) is 1.40. The van der Waals surface area contributed by atoms with Gasteiger partial charge in [0.1, 0.15) is 0 Å². The van der Waals surface area contributed by atoms with E-state index in [2.05, 4.69) is 17.7 Å². The van der Waals surface area contributed by atoms with Gasteiger partial charge in [0.2, 0.25) is 0 Å². The van der Waals surface area contributed by atoms with Crippen molar-refractivity contribution in [3.8, 4) is 0 Å². The average molecular weight is 316 g/mol. The average Bonchev–Trinajstić information content (AvgIpc) is 2.25. The normalized spacial score (nSPS) is 13.1. The minimum Gasteiger partial charge on any atom is -0.436 e. The van der Waals surface area contributed by atoms with Crippen LogP contribution < -0.4 is 0 Å². The predicted molar refractivity (Wildman–Crippen MR) is 44.1 cm³/mol. The lowest BCUT2D eigenvalue weighted by atomic mass is 10.7. The number of carbonyl (C=O) groups excluding carboxylic acids is 2. The smallest absolute Gasteiger partial charge is 0.436 e. The molecule has 6 nitrogen and oxygen atoms in total. The van der Waals surface area contributed by atoms with Gasteiger partial charge in [-0.2, -0.15) is 26.3 Å². The van der Waals surface area contributed by atoms with E-state index >= 15 is 0 Å². The van der Waals surface area contributed by atoms with Crippen LogP contribution in [0.4, 0.5) is 26.3 Å². The van der Waals surface area contributed by atoms with Gasteiger partial charge in [-0.25, -0.2) is 9.59 Å². The highest BCUT2D eigenvalue weighted by atomic mass is 28.4. The standard InChI is InChI=1S/C6H6F6O6Si/c1-15-19(16-2,17-3(13)5(7,8)9)18-4(14)6(10,11)12/h1-2H3. The van der Waals surface area contributed by atoms with E-state index in [1.807, 2.05) is 0 Å². The van der Waals surface area contributed by atoms with Gasteiger partial charge in [0.15, 0.2) is 0 Å². The number of alkyl halides is 6. The van der Waals surface area contributed by atoms with Crippen LogP contribution in [0.1, 0.15) is 0 Å². The largest absolute Gasteiger partial charge is 0.824 e. The highest BCUT2D eigenvalue weighted by Gasteiger charge is 2.60. The van der Waals surface area contributed by atoms with Crippen molar-refractivity contribution in [2.45, 2.75) is 12.4 Å². The first-order valence-electron chi connectivity index (χ1n) is 4.08. The Bertz CT molecular complexity index is 317. The fraction of sp³-hybridized carbons (Fsp3) is 0.667. The monoisotopic (exact) mass is 316 g/mol. The fourth-order valence-electron chi connectivity index (χ4n) is 0.614. The van der Waals surface area contributed by atoms with Crippen LogP contribution in [0.5, 0.6) is 0 Å². The topological polar surface area (TPSA) is 71.1 Å². The lowest BCUT2D eigenvalue weighted by molar-refractivity contribution is -0.207. The summed E-state index contributed by atoms with van der Waals surface area (Å²) in [5, 5.41) is 0. The Morgan fingerprint density at radius 1 is 0.789 bits per heavy atom. The highest BCUT2D eigenvalue weighted by molar-refractivity contribution is 6.57. The summed E-state index contributed by atoms with van der Waals surface area (Å²) in [6, 6.07) is 0. The highest BCUT2D eigenvalue weighted by Crippen LogP contribution is 2.24. The first-order chi connectivity index (χ1) is 8.38. The summed E-state index contributed by atoms with van der Waals surface area (Å²) in [4.78, 5) is 21.0. The van der Waals surface area contributed by atoms with E-state index in [0.29, 0.717) is 14.2 Å². The van der Waals surface area contributed by atoms with E-state index in [1.165, 1.54) is 0 Å². The molecule has 0 aliphatic carbocycles. The van der Waals surface area contributed by atoms with Crippen molar-refractivity contribution in [1.82, 2.24) is 0 Å². The minimum atomic E-state index is -5.53. The SMILES string of the molecule is CO[Si](OC)(OC(=O)C(F)(F)F)OC(=O)C(F)(F)F. The lowest BCUT2D eigenvalue weighted by Crippen LogP contribution is -2.54. The van der Waals surface area contributed by atoms with Crippen molar-refractivity contribution in [3.05, 3.63) is 0 Å². The van der Waals surface area contributed by atoms with Gasteiger partial charge in [0, 0.05) is 14.2 Å². The summed E-state index contributed by atoms with van der Waals surface area (Å²) >= 11 is 0. The number of carbonyl (C=O) groups is 2. The van der Waals surface area contributed by atoms with Gasteiger partial charge in [-0.15, -0.1) is 0 Å². The zero-order valence-corrected chi connectivity index (χ0v) is 10.2. The van der Waals surface area contributed by atoms with Crippen molar-refractivity contribution in [2.75, 3.05) is 14.2 Å². The summed E-state index contributed by atoms with van der Waals surface area (Å²) < 4.78 is 86.6. The van der Waals surface area contributed by atoms with Crippen molar-refractivity contribution < 1.29 is 53.6 Å². The summed E-state index contributed by atoms with van der Waals surface area (Å²) in [7, 11) is -4.14. The third-order valence-corrected chi connectivity index (χ3v) is 3.27. The quantitative estimate of drug-likeness (QED) is 0.567. The van der Waals surface area contributed by atoms with Crippen LogP contribution in [0.2, 0.25) is 0 Å². The van der Waals surface area contributed by atoms with Crippen LogP contribution in [-0.4, -0.2) is 47.6 Å².